The summed E-state index contributed by atoms with van der Waals surface area (Å²) in [5.74, 6) is -0.113. The van der Waals surface area contributed by atoms with Crippen LogP contribution in [-0.2, 0) is 9.53 Å². The topological polar surface area (TPSA) is 46.5 Å². The van der Waals surface area contributed by atoms with Gasteiger partial charge in [-0.1, -0.05) is 96.8 Å². The molecule has 0 aromatic heterocycles. The van der Waals surface area contributed by atoms with Crippen LogP contribution in [0.4, 0.5) is 0 Å². The Kier molecular flexibility index (Phi) is 26.5. The molecule has 1 N–H and O–H groups in total. The third kappa shape index (κ3) is 24.2. The molecule has 148 valence electrons. The lowest BCUT2D eigenvalue weighted by molar-refractivity contribution is -0.144. The number of hydrogen-bond acceptors (Lipinski definition) is 3. The number of aliphatic hydroxyl groups excluding tert-OH is 1. The van der Waals surface area contributed by atoms with Crippen molar-refractivity contribution in [1.82, 2.24) is 0 Å². The van der Waals surface area contributed by atoms with Crippen molar-refractivity contribution in [1.29, 1.82) is 0 Å². The molecule has 0 spiro atoms. The van der Waals surface area contributed by atoms with Gasteiger partial charge in [0, 0.05) is 19.4 Å². The summed E-state index contributed by atoms with van der Waals surface area (Å²) in [5, 5.41) is 8.60. The lowest BCUT2D eigenvalue weighted by Gasteiger charge is -2.04. The van der Waals surface area contributed by atoms with E-state index in [0.29, 0.717) is 19.4 Å². The molecular formula is C21H44MgO3. The molecule has 0 heterocycles. The highest BCUT2D eigenvalue weighted by atomic mass is 24.3. The number of rotatable bonds is 19. The predicted molar refractivity (Wildman–Crippen MR) is 111 cm³/mol. The van der Waals surface area contributed by atoms with Gasteiger partial charge < -0.3 is 9.84 Å². The fourth-order valence-corrected chi connectivity index (χ4v) is 2.96. The Bertz CT molecular complexity index is 260. The van der Waals surface area contributed by atoms with E-state index in [1.165, 1.54) is 83.5 Å². The number of aliphatic hydroxyl groups is 1. The van der Waals surface area contributed by atoms with E-state index in [1.807, 2.05) is 0 Å². The Balaban J connectivity index is 0. The molecule has 0 atom stereocenters. The monoisotopic (exact) mass is 368 g/mol. The first-order valence-corrected chi connectivity index (χ1v) is 10.6. The minimum Gasteiger partial charge on any atom is -0.466 e. The maximum absolute atomic E-state index is 11.3. The number of esters is 1. The molecule has 0 aromatic rings. The Morgan fingerprint density at radius 3 is 1.48 bits per heavy atom. The lowest BCUT2D eigenvalue weighted by atomic mass is 10.0. The van der Waals surface area contributed by atoms with Crippen LogP contribution in [0.5, 0.6) is 0 Å². The Morgan fingerprint density at radius 1 is 0.680 bits per heavy atom. The average Bonchev–Trinajstić information content (AvgIpc) is 2.58. The minimum atomic E-state index is -0.113. The van der Waals surface area contributed by atoms with Gasteiger partial charge in [-0.3, -0.25) is 4.79 Å². The second-order valence-electron chi connectivity index (χ2n) is 7.00. The van der Waals surface area contributed by atoms with Gasteiger partial charge in [-0.15, -0.1) is 0 Å². The van der Waals surface area contributed by atoms with Crippen molar-refractivity contribution >= 4 is 29.0 Å². The van der Waals surface area contributed by atoms with Crippen LogP contribution in [0.25, 0.3) is 0 Å². The zero-order valence-corrected chi connectivity index (χ0v) is 16.2. The maximum atomic E-state index is 11.3. The SMILES string of the molecule is CCCCCCCCCCCCCCCCCC(=O)OCCCO.[MgH2]. The predicted octanol–water partition coefficient (Wildman–Crippen LogP) is 5.26. The van der Waals surface area contributed by atoms with Crippen molar-refractivity contribution in [3.8, 4) is 0 Å². The van der Waals surface area contributed by atoms with Crippen LogP contribution in [0.2, 0.25) is 0 Å². The maximum Gasteiger partial charge on any atom is 0.316 e. The number of unbranched alkanes of at least 4 members (excludes halogenated alkanes) is 14. The first-order chi connectivity index (χ1) is 11.8. The minimum absolute atomic E-state index is 0. The molecule has 0 saturated heterocycles. The van der Waals surface area contributed by atoms with Crippen LogP contribution in [0.3, 0.4) is 0 Å². The average molecular weight is 369 g/mol. The van der Waals surface area contributed by atoms with Crippen LogP contribution in [0, 0.1) is 0 Å². The molecule has 0 bridgehead atoms. The smallest absolute Gasteiger partial charge is 0.316 e. The van der Waals surface area contributed by atoms with Crippen molar-refractivity contribution in [2.75, 3.05) is 13.2 Å². The Morgan fingerprint density at radius 2 is 1.08 bits per heavy atom. The highest BCUT2D eigenvalue weighted by Gasteiger charge is 2.02. The van der Waals surface area contributed by atoms with Crippen LogP contribution in [0.1, 0.15) is 116 Å². The number of ether oxygens (including phenoxy) is 1. The molecule has 0 aliphatic heterocycles. The molecule has 0 aliphatic rings. The second kappa shape index (κ2) is 24.2. The molecule has 0 fully saturated rings. The first kappa shape index (κ1) is 27.4. The summed E-state index contributed by atoms with van der Waals surface area (Å²) in [6.07, 6.45) is 21.1. The summed E-state index contributed by atoms with van der Waals surface area (Å²) in [7, 11) is 0. The first-order valence-electron chi connectivity index (χ1n) is 10.6. The van der Waals surface area contributed by atoms with Crippen molar-refractivity contribution in [3.63, 3.8) is 0 Å². The van der Waals surface area contributed by atoms with E-state index in [2.05, 4.69) is 6.92 Å². The van der Waals surface area contributed by atoms with Crippen LogP contribution in [0.15, 0.2) is 0 Å². The van der Waals surface area contributed by atoms with Gasteiger partial charge in [-0.25, -0.2) is 0 Å². The van der Waals surface area contributed by atoms with Crippen molar-refractivity contribution < 1.29 is 14.6 Å². The quantitative estimate of drug-likeness (QED) is 0.192. The molecule has 0 radical (unpaired) electrons. The van der Waals surface area contributed by atoms with Crippen LogP contribution < -0.4 is 0 Å². The molecule has 0 rings (SSSR count). The van der Waals surface area contributed by atoms with E-state index in [9.17, 15) is 4.79 Å². The molecule has 25 heavy (non-hydrogen) atoms. The van der Waals surface area contributed by atoms with Gasteiger partial charge >= 0.3 is 29.0 Å². The number of hydrogen-bond donors (Lipinski definition) is 1. The van der Waals surface area contributed by atoms with Crippen molar-refractivity contribution in [3.05, 3.63) is 0 Å². The van der Waals surface area contributed by atoms with Crippen LogP contribution in [-0.4, -0.2) is 47.3 Å². The second-order valence-corrected chi connectivity index (χ2v) is 7.00. The zero-order chi connectivity index (χ0) is 17.7. The summed E-state index contributed by atoms with van der Waals surface area (Å²) in [5.41, 5.74) is 0. The van der Waals surface area contributed by atoms with E-state index >= 15 is 0 Å². The van der Waals surface area contributed by atoms with Gasteiger partial charge in [0.1, 0.15) is 0 Å². The fourth-order valence-electron chi connectivity index (χ4n) is 2.96. The Hall–Kier alpha value is 0.196. The largest absolute Gasteiger partial charge is 0.466 e. The molecule has 0 aliphatic carbocycles. The molecule has 4 heteroatoms. The van der Waals surface area contributed by atoms with Gasteiger partial charge in [-0.05, 0) is 6.42 Å². The Labute approximate surface area is 172 Å². The van der Waals surface area contributed by atoms with Gasteiger partial charge in [0.05, 0.1) is 6.61 Å². The zero-order valence-electron chi connectivity index (χ0n) is 16.2. The molecule has 3 nitrogen and oxygen atoms in total. The van der Waals surface area contributed by atoms with E-state index in [1.54, 1.807) is 0 Å². The highest BCUT2D eigenvalue weighted by molar-refractivity contribution is 5.75. The van der Waals surface area contributed by atoms with Gasteiger partial charge in [0.2, 0.25) is 0 Å². The van der Waals surface area contributed by atoms with Crippen molar-refractivity contribution in [2.45, 2.75) is 116 Å². The molecule has 0 amide bonds. The summed E-state index contributed by atoms with van der Waals surface area (Å²) in [6, 6.07) is 0. The van der Waals surface area contributed by atoms with E-state index < -0.39 is 0 Å². The van der Waals surface area contributed by atoms with Gasteiger partial charge in [0.25, 0.3) is 0 Å². The summed E-state index contributed by atoms with van der Waals surface area (Å²) in [6.45, 7) is 2.72. The third-order valence-electron chi connectivity index (χ3n) is 4.55. The standard InChI is InChI=1S/C21H42O3.Mg.2H/c1-2-3-4-5-6-7-8-9-10-11-12-13-14-15-16-18-21(23)24-20-17-19-22;;;/h22H,2-20H2,1H3;;;. The van der Waals surface area contributed by atoms with E-state index in [4.69, 9.17) is 9.84 Å². The van der Waals surface area contributed by atoms with Crippen LogP contribution >= 0.6 is 0 Å². The third-order valence-corrected chi connectivity index (χ3v) is 4.55. The van der Waals surface area contributed by atoms with E-state index in [-0.39, 0.29) is 35.6 Å². The number of carbonyl (C=O) groups excluding carboxylic acids is 1. The highest BCUT2D eigenvalue weighted by Crippen LogP contribution is 2.13. The molecule has 0 aromatic carbocycles. The molecular weight excluding hydrogens is 325 g/mol. The van der Waals surface area contributed by atoms with Crippen molar-refractivity contribution in [2.24, 2.45) is 0 Å². The molecule has 0 saturated carbocycles. The van der Waals surface area contributed by atoms with Gasteiger partial charge in [-0.2, -0.15) is 0 Å². The fraction of sp³-hybridized carbons (Fsp3) is 0.952. The summed E-state index contributed by atoms with van der Waals surface area (Å²) in [4.78, 5) is 11.3. The van der Waals surface area contributed by atoms with E-state index in [0.717, 1.165) is 12.8 Å². The van der Waals surface area contributed by atoms with Gasteiger partial charge in [0.15, 0.2) is 0 Å². The lowest BCUT2D eigenvalue weighted by Crippen LogP contribution is -2.06. The summed E-state index contributed by atoms with van der Waals surface area (Å²) >= 11 is 0. The summed E-state index contributed by atoms with van der Waals surface area (Å²) < 4.78 is 5.00. The number of carbonyl (C=O) groups is 1. The normalized spacial score (nSPS) is 10.5. The molecule has 0 unspecified atom stereocenters.